The molecule has 2 bridgehead atoms. The molecule has 0 aliphatic heterocycles. The SMILES string of the molecule is CCCCCCCCCCCCCCCC(=O)O[C@]1(CO)C[C@@]23CC[C@@H]4c5ccoc5CC[C@@]4(C)[C@@H]2CC[C@@H]1C3. The lowest BCUT2D eigenvalue weighted by atomic mass is 9.45. The molecule has 1 aromatic heterocycles. The molecule has 1 heterocycles. The zero-order valence-corrected chi connectivity index (χ0v) is 25.8. The molecule has 4 aliphatic rings. The second kappa shape index (κ2) is 13.3. The van der Waals surface area contributed by atoms with Gasteiger partial charge in [0.25, 0.3) is 0 Å². The molecule has 1 spiro atoms. The second-order valence-corrected chi connectivity index (χ2v) is 14.7. The Morgan fingerprint density at radius 3 is 2.30 bits per heavy atom. The lowest BCUT2D eigenvalue weighted by Crippen LogP contribution is -2.51. The fraction of sp³-hybridized carbons (Fsp3) is 0.861. The highest BCUT2D eigenvalue weighted by Crippen LogP contribution is 2.72. The Kier molecular flexibility index (Phi) is 10.1. The van der Waals surface area contributed by atoms with Crippen LogP contribution in [0.25, 0.3) is 0 Å². The molecular formula is C36H58O4. The van der Waals surface area contributed by atoms with Gasteiger partial charge in [0.15, 0.2) is 0 Å². The van der Waals surface area contributed by atoms with Crippen molar-refractivity contribution in [3.63, 3.8) is 0 Å². The first-order valence-electron chi connectivity index (χ1n) is 17.4. The van der Waals surface area contributed by atoms with Crippen LogP contribution in [-0.4, -0.2) is 23.3 Å². The third kappa shape index (κ3) is 6.09. The highest BCUT2D eigenvalue weighted by molar-refractivity contribution is 5.70. The number of carbonyl (C=O) groups excluding carboxylic acids is 1. The van der Waals surface area contributed by atoms with Crippen LogP contribution in [0.15, 0.2) is 16.7 Å². The van der Waals surface area contributed by atoms with Crippen molar-refractivity contribution in [2.75, 3.05) is 6.61 Å². The number of carbonyl (C=O) groups is 1. The van der Waals surface area contributed by atoms with Crippen LogP contribution in [0.5, 0.6) is 0 Å². The summed E-state index contributed by atoms with van der Waals surface area (Å²) in [4.78, 5) is 13.1. The van der Waals surface area contributed by atoms with E-state index in [1.165, 1.54) is 108 Å². The molecule has 5 rings (SSSR count). The van der Waals surface area contributed by atoms with Gasteiger partial charge in [0.1, 0.15) is 11.4 Å². The third-order valence-electron chi connectivity index (χ3n) is 12.2. The average molecular weight is 555 g/mol. The van der Waals surface area contributed by atoms with Crippen molar-refractivity contribution in [3.8, 4) is 0 Å². The van der Waals surface area contributed by atoms with Crippen molar-refractivity contribution in [1.82, 2.24) is 0 Å². The summed E-state index contributed by atoms with van der Waals surface area (Å²) in [5, 5.41) is 10.7. The first kappa shape index (κ1) is 30.2. The van der Waals surface area contributed by atoms with Gasteiger partial charge in [-0.1, -0.05) is 90.9 Å². The number of unbranched alkanes of at least 4 members (excludes halogenated alkanes) is 12. The smallest absolute Gasteiger partial charge is 0.306 e. The summed E-state index contributed by atoms with van der Waals surface area (Å²) >= 11 is 0. The van der Waals surface area contributed by atoms with Crippen LogP contribution in [0, 0.1) is 22.7 Å². The Balaban J connectivity index is 1.05. The molecule has 0 saturated heterocycles. The van der Waals surface area contributed by atoms with E-state index in [1.807, 2.05) is 6.26 Å². The number of aliphatic hydroxyl groups excluding tert-OH is 1. The minimum absolute atomic E-state index is 0.0114. The molecule has 1 aromatic rings. The van der Waals surface area contributed by atoms with E-state index in [1.54, 1.807) is 0 Å². The molecule has 226 valence electrons. The molecule has 3 saturated carbocycles. The van der Waals surface area contributed by atoms with Gasteiger partial charge < -0.3 is 14.3 Å². The maximum absolute atomic E-state index is 13.1. The topological polar surface area (TPSA) is 59.7 Å². The van der Waals surface area contributed by atoms with Crippen LogP contribution < -0.4 is 0 Å². The van der Waals surface area contributed by atoms with E-state index in [4.69, 9.17) is 9.15 Å². The number of hydrogen-bond donors (Lipinski definition) is 1. The summed E-state index contributed by atoms with van der Waals surface area (Å²) in [6.45, 7) is 4.81. The molecule has 4 aliphatic carbocycles. The van der Waals surface area contributed by atoms with Crippen LogP contribution in [0.2, 0.25) is 0 Å². The standard InChI is InChI=1S/C36H58O4/c1-3-4-5-6-7-8-9-10-11-12-13-14-15-16-33(38)40-36(27-37)26-35-23-19-30-29-21-24-39-31(29)20-22-34(30,2)32(35)18-17-28(36)25-35/h21,24,28,30,32,37H,3-20,22-23,25-27H2,1-2H3/t28-,30-,32+,34-,35+,36+/m1/s1. The van der Waals surface area contributed by atoms with Gasteiger partial charge in [0.05, 0.1) is 12.9 Å². The number of hydrogen-bond acceptors (Lipinski definition) is 4. The Labute approximate surface area is 244 Å². The number of fused-ring (bicyclic) bond motifs is 5. The maximum atomic E-state index is 13.1. The van der Waals surface area contributed by atoms with Crippen molar-refractivity contribution in [1.29, 1.82) is 0 Å². The van der Waals surface area contributed by atoms with Crippen molar-refractivity contribution in [3.05, 3.63) is 23.7 Å². The van der Waals surface area contributed by atoms with Crippen molar-refractivity contribution >= 4 is 5.97 Å². The first-order chi connectivity index (χ1) is 19.5. The minimum atomic E-state index is -0.652. The van der Waals surface area contributed by atoms with Gasteiger partial charge in [-0.3, -0.25) is 4.79 Å². The lowest BCUT2D eigenvalue weighted by molar-refractivity contribution is -0.170. The number of esters is 1. The summed E-state index contributed by atoms with van der Waals surface area (Å²) in [5.74, 6) is 2.69. The van der Waals surface area contributed by atoms with Crippen LogP contribution >= 0.6 is 0 Å². The first-order valence-corrected chi connectivity index (χ1v) is 17.4. The van der Waals surface area contributed by atoms with Gasteiger partial charge in [0, 0.05) is 18.8 Å². The summed E-state index contributed by atoms with van der Waals surface area (Å²) < 4.78 is 12.2. The molecule has 0 unspecified atom stereocenters. The Bertz CT molecular complexity index is 952. The zero-order valence-electron chi connectivity index (χ0n) is 25.8. The van der Waals surface area contributed by atoms with Gasteiger partial charge in [-0.25, -0.2) is 0 Å². The number of aryl methyl sites for hydroxylation is 1. The summed E-state index contributed by atoms with van der Waals surface area (Å²) in [6.07, 6.45) is 28.3. The van der Waals surface area contributed by atoms with Crippen LogP contribution in [0.4, 0.5) is 0 Å². The van der Waals surface area contributed by atoms with Crippen molar-refractivity contribution in [2.24, 2.45) is 22.7 Å². The van der Waals surface area contributed by atoms with Gasteiger partial charge in [-0.05, 0) is 85.7 Å². The number of aliphatic hydroxyl groups is 1. The van der Waals surface area contributed by atoms with E-state index in [0.29, 0.717) is 24.2 Å². The van der Waals surface area contributed by atoms with Gasteiger partial charge in [0.2, 0.25) is 0 Å². The number of rotatable bonds is 16. The van der Waals surface area contributed by atoms with Crippen LogP contribution in [0.3, 0.4) is 0 Å². The van der Waals surface area contributed by atoms with Crippen LogP contribution in [0.1, 0.15) is 166 Å². The van der Waals surface area contributed by atoms with Gasteiger partial charge in [-0.15, -0.1) is 0 Å². The minimum Gasteiger partial charge on any atom is -0.469 e. The highest BCUT2D eigenvalue weighted by atomic mass is 16.6. The van der Waals surface area contributed by atoms with E-state index < -0.39 is 5.60 Å². The molecule has 3 fully saturated rings. The van der Waals surface area contributed by atoms with Crippen molar-refractivity contribution < 1.29 is 19.1 Å². The number of ether oxygens (including phenoxy) is 1. The molecule has 0 radical (unpaired) electrons. The fourth-order valence-corrected chi connectivity index (χ4v) is 10.2. The van der Waals surface area contributed by atoms with E-state index in [2.05, 4.69) is 19.9 Å². The predicted octanol–water partition coefficient (Wildman–Crippen LogP) is 9.67. The molecule has 0 aromatic carbocycles. The van der Waals surface area contributed by atoms with Crippen LogP contribution in [-0.2, 0) is 16.0 Å². The molecule has 4 nitrogen and oxygen atoms in total. The Hall–Kier alpha value is -1.29. The van der Waals surface area contributed by atoms with E-state index in [9.17, 15) is 9.90 Å². The quantitative estimate of drug-likeness (QED) is 0.163. The molecule has 0 amide bonds. The van der Waals surface area contributed by atoms with Gasteiger partial charge in [-0.2, -0.15) is 0 Å². The zero-order chi connectivity index (χ0) is 28.1. The number of furan rings is 1. The molecule has 40 heavy (non-hydrogen) atoms. The van der Waals surface area contributed by atoms with E-state index >= 15 is 0 Å². The Morgan fingerprint density at radius 1 is 0.950 bits per heavy atom. The van der Waals surface area contributed by atoms with E-state index in [0.717, 1.165) is 38.5 Å². The maximum Gasteiger partial charge on any atom is 0.306 e. The predicted molar refractivity (Wildman–Crippen MR) is 161 cm³/mol. The Morgan fingerprint density at radius 2 is 1.62 bits per heavy atom. The normalized spacial score (nSPS) is 34.2. The summed E-state index contributed by atoms with van der Waals surface area (Å²) in [5.41, 5.74) is 1.31. The third-order valence-corrected chi connectivity index (χ3v) is 12.2. The lowest BCUT2D eigenvalue weighted by Gasteiger charge is -2.59. The molecule has 1 N–H and O–H groups in total. The second-order valence-electron chi connectivity index (χ2n) is 14.7. The van der Waals surface area contributed by atoms with E-state index in [-0.39, 0.29) is 23.4 Å². The average Bonchev–Trinajstić information content (AvgIpc) is 3.51. The highest BCUT2D eigenvalue weighted by Gasteiger charge is 2.67. The molecule has 6 atom stereocenters. The molecule has 4 heteroatoms. The molecular weight excluding hydrogens is 496 g/mol. The van der Waals surface area contributed by atoms with Gasteiger partial charge >= 0.3 is 5.97 Å². The summed E-state index contributed by atoms with van der Waals surface area (Å²) in [6, 6.07) is 2.23. The summed E-state index contributed by atoms with van der Waals surface area (Å²) in [7, 11) is 0. The largest absolute Gasteiger partial charge is 0.469 e. The fourth-order valence-electron chi connectivity index (χ4n) is 10.2. The monoisotopic (exact) mass is 554 g/mol. The van der Waals surface area contributed by atoms with Crippen molar-refractivity contribution in [2.45, 2.75) is 167 Å².